The second kappa shape index (κ2) is 5.65. The lowest BCUT2D eigenvalue weighted by molar-refractivity contribution is 0.0296. The number of ether oxygens (including phenoxy) is 1. The van der Waals surface area contributed by atoms with Crippen molar-refractivity contribution in [2.24, 2.45) is 5.92 Å². The van der Waals surface area contributed by atoms with Crippen LogP contribution in [0.2, 0.25) is 0 Å². The highest BCUT2D eigenvalue weighted by Crippen LogP contribution is 2.45. The first kappa shape index (κ1) is 15.5. The van der Waals surface area contributed by atoms with Crippen molar-refractivity contribution in [2.45, 2.75) is 31.6 Å². The molecule has 118 valence electrons. The molecule has 1 aromatic heterocycles. The van der Waals surface area contributed by atoms with Crippen LogP contribution < -0.4 is 0 Å². The average molecular weight is 329 g/mol. The van der Waals surface area contributed by atoms with Crippen LogP contribution in [0.3, 0.4) is 0 Å². The molecule has 4 nitrogen and oxygen atoms in total. The number of nitrogens with zero attached hydrogens (tertiary/aromatic N) is 1. The summed E-state index contributed by atoms with van der Waals surface area (Å²) in [5.41, 5.74) is 1.31. The fourth-order valence-electron chi connectivity index (χ4n) is 3.56. The minimum absolute atomic E-state index is 0.170. The molecule has 0 aromatic carbocycles. The number of sulfone groups is 1. The maximum atomic E-state index is 12.5. The average Bonchev–Trinajstić information content (AvgIpc) is 2.90. The van der Waals surface area contributed by atoms with E-state index in [1.807, 2.05) is 6.92 Å². The molecule has 0 saturated carbocycles. The Morgan fingerprint density at radius 3 is 2.86 bits per heavy atom. The van der Waals surface area contributed by atoms with Gasteiger partial charge in [-0.2, -0.15) is 0 Å². The zero-order valence-electron chi connectivity index (χ0n) is 12.7. The smallest absolute Gasteiger partial charge is 0.158 e. The lowest BCUT2D eigenvalue weighted by Crippen LogP contribution is -2.67. The van der Waals surface area contributed by atoms with E-state index in [1.54, 1.807) is 11.3 Å². The van der Waals surface area contributed by atoms with Gasteiger partial charge in [-0.15, -0.1) is 11.3 Å². The summed E-state index contributed by atoms with van der Waals surface area (Å²) < 4.78 is 29.9. The van der Waals surface area contributed by atoms with Crippen LogP contribution in [0.25, 0.3) is 0 Å². The van der Waals surface area contributed by atoms with Gasteiger partial charge in [0.25, 0.3) is 0 Å². The number of likely N-dealkylation sites (tertiary alicyclic amines) is 1. The standard InChI is InChI=1S/C15H23NO3S2/c1-3-19-9-13-5-7-21(17,18)15(13)10-16(11-15)8-14-12(2)4-6-20-14/h4,6,13H,3,5,7-11H2,1-2H3/t13-/m0/s1. The van der Waals surface area contributed by atoms with Gasteiger partial charge in [0.1, 0.15) is 4.75 Å². The topological polar surface area (TPSA) is 46.6 Å². The zero-order chi connectivity index (χ0) is 15.1. The highest BCUT2D eigenvalue weighted by Gasteiger charge is 2.61. The Morgan fingerprint density at radius 2 is 2.24 bits per heavy atom. The molecule has 3 heterocycles. The maximum absolute atomic E-state index is 12.5. The first-order chi connectivity index (χ1) is 9.98. The Labute approximate surface area is 131 Å². The van der Waals surface area contributed by atoms with Gasteiger partial charge in [-0.25, -0.2) is 8.42 Å². The van der Waals surface area contributed by atoms with E-state index in [4.69, 9.17) is 4.74 Å². The number of hydrogen-bond donors (Lipinski definition) is 0. The van der Waals surface area contributed by atoms with Gasteiger partial charge in [-0.1, -0.05) is 0 Å². The number of rotatable bonds is 5. The number of thiophene rings is 1. The Bertz CT molecular complexity index is 602. The van der Waals surface area contributed by atoms with Crippen molar-refractivity contribution in [3.63, 3.8) is 0 Å². The van der Waals surface area contributed by atoms with Gasteiger partial charge in [0.15, 0.2) is 9.84 Å². The van der Waals surface area contributed by atoms with Gasteiger partial charge in [0.2, 0.25) is 0 Å². The van der Waals surface area contributed by atoms with Crippen LogP contribution in [-0.4, -0.2) is 50.1 Å². The largest absolute Gasteiger partial charge is 0.381 e. The van der Waals surface area contributed by atoms with Crippen LogP contribution >= 0.6 is 11.3 Å². The van der Waals surface area contributed by atoms with Crippen molar-refractivity contribution in [1.29, 1.82) is 0 Å². The van der Waals surface area contributed by atoms with Crippen LogP contribution in [0, 0.1) is 12.8 Å². The molecule has 3 rings (SSSR count). The van der Waals surface area contributed by atoms with Crippen molar-refractivity contribution >= 4 is 21.2 Å². The van der Waals surface area contributed by atoms with E-state index >= 15 is 0 Å². The molecule has 1 aromatic rings. The third kappa shape index (κ3) is 2.56. The molecule has 1 spiro atoms. The zero-order valence-corrected chi connectivity index (χ0v) is 14.3. The second-order valence-electron chi connectivity index (χ2n) is 6.20. The summed E-state index contributed by atoms with van der Waals surface area (Å²) in [6.45, 7) is 7.54. The summed E-state index contributed by atoms with van der Waals surface area (Å²) in [6.07, 6.45) is 0.758. The van der Waals surface area contributed by atoms with E-state index < -0.39 is 14.6 Å². The predicted octanol–water partition coefficient (Wildman–Crippen LogP) is 2.08. The van der Waals surface area contributed by atoms with Gasteiger partial charge < -0.3 is 4.74 Å². The lowest BCUT2D eigenvalue weighted by atomic mass is 9.83. The molecule has 0 aliphatic carbocycles. The minimum atomic E-state index is -2.97. The molecular formula is C15H23NO3S2. The van der Waals surface area contributed by atoms with Crippen molar-refractivity contribution in [2.75, 3.05) is 32.1 Å². The quantitative estimate of drug-likeness (QED) is 0.830. The third-order valence-electron chi connectivity index (χ3n) is 4.94. The van der Waals surface area contributed by atoms with E-state index in [0.29, 0.717) is 32.1 Å². The van der Waals surface area contributed by atoms with Gasteiger partial charge >= 0.3 is 0 Å². The van der Waals surface area contributed by atoms with E-state index in [2.05, 4.69) is 23.3 Å². The third-order valence-corrected chi connectivity index (χ3v) is 8.55. The molecule has 21 heavy (non-hydrogen) atoms. The molecule has 2 aliphatic heterocycles. The van der Waals surface area contributed by atoms with Crippen molar-refractivity contribution < 1.29 is 13.2 Å². The normalized spacial score (nSPS) is 27.0. The highest BCUT2D eigenvalue weighted by atomic mass is 32.2. The van der Waals surface area contributed by atoms with Crippen LogP contribution in [0.4, 0.5) is 0 Å². The van der Waals surface area contributed by atoms with Crippen LogP contribution in [-0.2, 0) is 21.1 Å². The molecule has 0 amide bonds. The predicted molar refractivity (Wildman–Crippen MR) is 85.5 cm³/mol. The molecule has 2 fully saturated rings. The van der Waals surface area contributed by atoms with E-state index in [0.717, 1.165) is 13.0 Å². The Morgan fingerprint density at radius 1 is 1.48 bits per heavy atom. The fourth-order valence-corrected chi connectivity index (χ4v) is 6.96. The first-order valence-corrected chi connectivity index (χ1v) is 10.1. The molecule has 1 atom stereocenters. The molecule has 0 radical (unpaired) electrons. The summed E-state index contributed by atoms with van der Waals surface area (Å²) in [7, 11) is -2.97. The summed E-state index contributed by atoms with van der Waals surface area (Å²) >= 11 is 1.76. The molecule has 6 heteroatoms. The molecular weight excluding hydrogens is 306 g/mol. The van der Waals surface area contributed by atoms with Crippen molar-refractivity contribution in [3.8, 4) is 0 Å². The van der Waals surface area contributed by atoms with Crippen molar-refractivity contribution in [3.05, 3.63) is 21.9 Å². The summed E-state index contributed by atoms with van der Waals surface area (Å²) in [5, 5.41) is 2.10. The monoisotopic (exact) mass is 329 g/mol. The molecule has 0 N–H and O–H groups in total. The Hall–Kier alpha value is -0.430. The van der Waals surface area contributed by atoms with Crippen LogP contribution in [0.5, 0.6) is 0 Å². The second-order valence-corrected chi connectivity index (χ2v) is 9.65. The molecule has 2 saturated heterocycles. The highest BCUT2D eigenvalue weighted by molar-refractivity contribution is 7.93. The van der Waals surface area contributed by atoms with Gasteiger partial charge in [-0.05, 0) is 37.3 Å². The SMILES string of the molecule is CCOC[C@@H]1CCS(=O)(=O)C12CN(Cc1sccc1C)C2. The summed E-state index contributed by atoms with van der Waals surface area (Å²) in [6, 6.07) is 2.12. The van der Waals surface area contributed by atoms with Gasteiger partial charge in [0, 0.05) is 37.0 Å². The van der Waals surface area contributed by atoms with Gasteiger partial charge in [0.05, 0.1) is 12.4 Å². The number of aryl methyl sites for hydroxylation is 1. The minimum Gasteiger partial charge on any atom is -0.381 e. The summed E-state index contributed by atoms with van der Waals surface area (Å²) in [4.78, 5) is 3.61. The summed E-state index contributed by atoms with van der Waals surface area (Å²) in [5.74, 6) is 0.500. The molecule has 0 unspecified atom stereocenters. The van der Waals surface area contributed by atoms with Gasteiger partial charge in [-0.3, -0.25) is 4.90 Å². The molecule has 2 aliphatic rings. The van der Waals surface area contributed by atoms with E-state index in [-0.39, 0.29) is 5.92 Å². The van der Waals surface area contributed by atoms with E-state index in [1.165, 1.54) is 10.4 Å². The van der Waals surface area contributed by atoms with Crippen LogP contribution in [0.1, 0.15) is 23.8 Å². The Kier molecular flexibility index (Phi) is 4.16. The molecule has 0 bridgehead atoms. The number of hydrogen-bond acceptors (Lipinski definition) is 5. The lowest BCUT2D eigenvalue weighted by Gasteiger charge is -2.50. The van der Waals surface area contributed by atoms with E-state index in [9.17, 15) is 8.42 Å². The Balaban J connectivity index is 1.69. The van der Waals surface area contributed by atoms with Crippen LogP contribution in [0.15, 0.2) is 11.4 Å². The maximum Gasteiger partial charge on any atom is 0.158 e. The fraction of sp³-hybridized carbons (Fsp3) is 0.733. The first-order valence-electron chi connectivity index (χ1n) is 7.54. The van der Waals surface area contributed by atoms with Crippen molar-refractivity contribution in [1.82, 2.24) is 4.90 Å².